The highest BCUT2D eigenvalue weighted by atomic mass is 16.3. The fourth-order valence-electron chi connectivity index (χ4n) is 2.25. The molecule has 2 heteroatoms. The molecule has 0 aliphatic carbocycles. The van der Waals surface area contributed by atoms with Crippen LogP contribution in [0.1, 0.15) is 50.7 Å². The SMILES string of the molecule is CC1CCC(c2ccc(O)c(C(C)C)c2)=NC1. The van der Waals surface area contributed by atoms with Gasteiger partial charge in [-0.3, -0.25) is 4.99 Å². The summed E-state index contributed by atoms with van der Waals surface area (Å²) in [6.45, 7) is 7.39. The molecule has 0 saturated carbocycles. The lowest BCUT2D eigenvalue weighted by molar-refractivity contribution is 0.465. The zero-order chi connectivity index (χ0) is 12.4. The Morgan fingerprint density at radius 3 is 2.71 bits per heavy atom. The predicted molar refractivity (Wildman–Crippen MR) is 72.0 cm³/mol. The fraction of sp³-hybridized carbons (Fsp3) is 0.533. The summed E-state index contributed by atoms with van der Waals surface area (Å²) in [6.07, 6.45) is 2.28. The van der Waals surface area contributed by atoms with Crippen LogP contribution in [0.25, 0.3) is 0 Å². The minimum absolute atomic E-state index is 0.345. The molecule has 0 amide bonds. The number of aromatic hydroxyl groups is 1. The van der Waals surface area contributed by atoms with Crippen molar-refractivity contribution >= 4 is 5.71 Å². The minimum Gasteiger partial charge on any atom is -0.508 e. The first kappa shape index (κ1) is 12.2. The summed E-state index contributed by atoms with van der Waals surface area (Å²) in [4.78, 5) is 4.65. The third kappa shape index (κ3) is 2.68. The van der Waals surface area contributed by atoms with Gasteiger partial charge in [-0.1, -0.05) is 20.8 Å². The first-order valence-corrected chi connectivity index (χ1v) is 6.44. The van der Waals surface area contributed by atoms with Crippen LogP contribution in [-0.2, 0) is 0 Å². The van der Waals surface area contributed by atoms with Gasteiger partial charge in [0, 0.05) is 12.3 Å². The highest BCUT2D eigenvalue weighted by Gasteiger charge is 2.15. The van der Waals surface area contributed by atoms with E-state index in [1.54, 1.807) is 6.07 Å². The first-order chi connectivity index (χ1) is 8.08. The van der Waals surface area contributed by atoms with Gasteiger partial charge in [0.2, 0.25) is 0 Å². The van der Waals surface area contributed by atoms with E-state index in [0.29, 0.717) is 17.6 Å². The fourth-order valence-corrected chi connectivity index (χ4v) is 2.25. The number of hydrogen-bond acceptors (Lipinski definition) is 2. The van der Waals surface area contributed by atoms with Crippen molar-refractivity contribution in [2.45, 2.75) is 39.5 Å². The zero-order valence-corrected chi connectivity index (χ0v) is 10.9. The number of aliphatic imine (C=N–C) groups is 1. The van der Waals surface area contributed by atoms with Gasteiger partial charge in [-0.15, -0.1) is 0 Å². The molecule has 0 aromatic heterocycles. The van der Waals surface area contributed by atoms with Crippen LogP contribution >= 0.6 is 0 Å². The largest absolute Gasteiger partial charge is 0.508 e. The molecule has 1 N–H and O–H groups in total. The Hall–Kier alpha value is -1.31. The predicted octanol–water partition coefficient (Wildman–Crippen LogP) is 3.73. The van der Waals surface area contributed by atoms with E-state index in [9.17, 15) is 5.11 Å². The zero-order valence-electron chi connectivity index (χ0n) is 10.9. The minimum atomic E-state index is 0.345. The van der Waals surface area contributed by atoms with Crippen LogP contribution in [0.4, 0.5) is 0 Å². The number of nitrogens with zero attached hydrogens (tertiary/aromatic N) is 1. The lowest BCUT2D eigenvalue weighted by atomic mass is 9.93. The number of rotatable bonds is 2. The maximum Gasteiger partial charge on any atom is 0.119 e. The maximum atomic E-state index is 9.81. The second-order valence-electron chi connectivity index (χ2n) is 5.36. The highest BCUT2D eigenvalue weighted by Crippen LogP contribution is 2.28. The molecular formula is C15H21NO. The molecule has 1 aliphatic rings. The molecular weight excluding hydrogens is 210 g/mol. The van der Waals surface area contributed by atoms with Crippen molar-refractivity contribution in [1.82, 2.24) is 0 Å². The third-order valence-electron chi connectivity index (χ3n) is 3.45. The third-order valence-corrected chi connectivity index (χ3v) is 3.45. The highest BCUT2D eigenvalue weighted by molar-refractivity contribution is 6.01. The summed E-state index contributed by atoms with van der Waals surface area (Å²) >= 11 is 0. The molecule has 1 atom stereocenters. The average Bonchev–Trinajstić information content (AvgIpc) is 2.30. The van der Waals surface area contributed by atoms with Crippen molar-refractivity contribution in [1.29, 1.82) is 0 Å². The van der Waals surface area contributed by atoms with Gasteiger partial charge in [0.25, 0.3) is 0 Å². The van der Waals surface area contributed by atoms with Gasteiger partial charge in [-0.2, -0.15) is 0 Å². The van der Waals surface area contributed by atoms with Crippen LogP contribution in [0.3, 0.4) is 0 Å². The number of benzene rings is 1. The Bertz CT molecular complexity index is 435. The van der Waals surface area contributed by atoms with Crippen LogP contribution in [0.15, 0.2) is 23.2 Å². The second-order valence-corrected chi connectivity index (χ2v) is 5.36. The van der Waals surface area contributed by atoms with E-state index < -0.39 is 0 Å². The van der Waals surface area contributed by atoms with E-state index in [2.05, 4.69) is 31.8 Å². The van der Waals surface area contributed by atoms with Gasteiger partial charge in [-0.25, -0.2) is 0 Å². The number of phenols is 1. The molecule has 92 valence electrons. The monoisotopic (exact) mass is 231 g/mol. The molecule has 1 heterocycles. The van der Waals surface area contributed by atoms with E-state index >= 15 is 0 Å². The summed E-state index contributed by atoms with van der Waals surface area (Å²) < 4.78 is 0. The number of hydrogen-bond donors (Lipinski definition) is 1. The lowest BCUT2D eigenvalue weighted by Gasteiger charge is -2.18. The number of phenolic OH excluding ortho intramolecular Hbond substituents is 1. The molecule has 0 fully saturated rings. The standard InChI is InChI=1S/C15H21NO/c1-10(2)13-8-12(5-7-15(13)17)14-6-4-11(3)9-16-14/h5,7-8,10-11,17H,4,6,9H2,1-3H3. The molecule has 0 radical (unpaired) electrons. The van der Waals surface area contributed by atoms with E-state index in [1.165, 1.54) is 17.7 Å². The summed E-state index contributed by atoms with van der Waals surface area (Å²) in [6, 6.07) is 5.87. The van der Waals surface area contributed by atoms with Gasteiger partial charge in [0.1, 0.15) is 5.75 Å². The summed E-state index contributed by atoms with van der Waals surface area (Å²) in [7, 11) is 0. The van der Waals surface area contributed by atoms with Crippen molar-refractivity contribution in [3.05, 3.63) is 29.3 Å². The van der Waals surface area contributed by atoms with Crippen molar-refractivity contribution in [3.8, 4) is 5.75 Å². The summed E-state index contributed by atoms with van der Waals surface area (Å²) in [5.74, 6) is 1.45. The van der Waals surface area contributed by atoms with Gasteiger partial charge in [-0.05, 0) is 54.0 Å². The Morgan fingerprint density at radius 2 is 2.12 bits per heavy atom. The van der Waals surface area contributed by atoms with E-state index in [4.69, 9.17) is 0 Å². The van der Waals surface area contributed by atoms with Gasteiger partial charge in [0.15, 0.2) is 0 Å². The maximum absolute atomic E-state index is 9.81. The van der Waals surface area contributed by atoms with Gasteiger partial charge >= 0.3 is 0 Å². The first-order valence-electron chi connectivity index (χ1n) is 6.44. The van der Waals surface area contributed by atoms with Crippen LogP contribution in [-0.4, -0.2) is 17.4 Å². The normalized spacial score (nSPS) is 20.5. The van der Waals surface area contributed by atoms with Crippen LogP contribution in [0.5, 0.6) is 5.75 Å². The van der Waals surface area contributed by atoms with Crippen LogP contribution in [0, 0.1) is 5.92 Å². The molecule has 1 aliphatic heterocycles. The lowest BCUT2D eigenvalue weighted by Crippen LogP contribution is -2.14. The smallest absolute Gasteiger partial charge is 0.119 e. The average molecular weight is 231 g/mol. The quantitative estimate of drug-likeness (QED) is 0.826. The molecule has 1 aromatic carbocycles. The molecule has 0 bridgehead atoms. The summed E-state index contributed by atoms with van der Waals surface area (Å²) in [5, 5.41) is 9.81. The topological polar surface area (TPSA) is 32.6 Å². The van der Waals surface area contributed by atoms with Gasteiger partial charge in [0.05, 0.1) is 0 Å². The Labute approximate surface area is 103 Å². The van der Waals surface area contributed by atoms with E-state index in [0.717, 1.165) is 18.5 Å². The van der Waals surface area contributed by atoms with Crippen molar-refractivity contribution < 1.29 is 5.11 Å². The molecule has 0 saturated heterocycles. The Morgan fingerprint density at radius 1 is 1.35 bits per heavy atom. The Kier molecular flexibility index (Phi) is 3.51. The summed E-state index contributed by atoms with van der Waals surface area (Å²) in [5.41, 5.74) is 3.40. The van der Waals surface area contributed by atoms with Crippen molar-refractivity contribution in [2.75, 3.05) is 6.54 Å². The molecule has 1 unspecified atom stereocenters. The molecule has 2 rings (SSSR count). The molecule has 2 nitrogen and oxygen atoms in total. The van der Waals surface area contributed by atoms with E-state index in [1.807, 2.05) is 6.07 Å². The van der Waals surface area contributed by atoms with Crippen LogP contribution < -0.4 is 0 Å². The molecule has 17 heavy (non-hydrogen) atoms. The molecule has 1 aromatic rings. The van der Waals surface area contributed by atoms with Crippen molar-refractivity contribution in [2.24, 2.45) is 10.9 Å². The van der Waals surface area contributed by atoms with Crippen LogP contribution in [0.2, 0.25) is 0 Å². The molecule has 0 spiro atoms. The van der Waals surface area contributed by atoms with Crippen molar-refractivity contribution in [3.63, 3.8) is 0 Å². The Balaban J connectivity index is 2.31. The van der Waals surface area contributed by atoms with Gasteiger partial charge < -0.3 is 5.11 Å². The second kappa shape index (κ2) is 4.91. The van der Waals surface area contributed by atoms with E-state index in [-0.39, 0.29) is 0 Å².